The number of benzene rings is 2. The number of aromatic nitrogens is 2. The van der Waals surface area contributed by atoms with Crippen LogP contribution in [-0.2, 0) is 6.42 Å². The highest BCUT2D eigenvalue weighted by Gasteiger charge is 2.32. The number of carbonyl (C=O) groups excluding carboxylic acids is 1. The van der Waals surface area contributed by atoms with Gasteiger partial charge in [0.15, 0.2) is 5.69 Å². The van der Waals surface area contributed by atoms with Crippen molar-refractivity contribution in [2.45, 2.75) is 32.2 Å². The number of H-pyrrole nitrogens is 1. The summed E-state index contributed by atoms with van der Waals surface area (Å²) in [7, 11) is 0. The van der Waals surface area contributed by atoms with Crippen LogP contribution in [0.15, 0.2) is 46.9 Å². The summed E-state index contributed by atoms with van der Waals surface area (Å²) in [6, 6.07) is 15.1. The average molecular weight is 398 g/mol. The third-order valence-corrected chi connectivity index (χ3v) is 6.02. The van der Waals surface area contributed by atoms with E-state index in [9.17, 15) is 4.79 Å². The number of likely N-dealkylation sites (tertiary alicyclic amines) is 1. The first-order valence-corrected chi connectivity index (χ1v) is 9.42. The largest absolute Gasteiger partial charge is 0.334 e. The number of nitrogens with zero attached hydrogens (tertiary/aromatic N) is 2. The molecule has 1 aliphatic rings. The lowest BCUT2D eigenvalue weighted by Gasteiger charge is -2.24. The Morgan fingerprint density at radius 2 is 2.08 bits per heavy atom. The summed E-state index contributed by atoms with van der Waals surface area (Å²) in [5, 5.41) is 9.60. The van der Waals surface area contributed by atoms with Gasteiger partial charge in [0.05, 0.1) is 4.47 Å². The SMILES string of the molecule is Cc1[nH]nc(C(=O)N2CCC[C@H]2Cc2cccc3ccccc23)c1Br. The third-order valence-electron chi connectivity index (χ3n) is 5.05. The first kappa shape index (κ1) is 16.3. The van der Waals surface area contributed by atoms with Crippen molar-refractivity contribution in [1.29, 1.82) is 0 Å². The predicted octanol–water partition coefficient (Wildman–Crippen LogP) is 4.48. The Morgan fingerprint density at radius 1 is 1.28 bits per heavy atom. The molecule has 128 valence electrons. The van der Waals surface area contributed by atoms with Crippen molar-refractivity contribution in [1.82, 2.24) is 15.1 Å². The molecule has 0 unspecified atom stereocenters. The molecule has 2 aromatic carbocycles. The summed E-state index contributed by atoms with van der Waals surface area (Å²) in [6.45, 7) is 2.71. The van der Waals surface area contributed by atoms with Gasteiger partial charge < -0.3 is 4.90 Å². The molecule has 0 radical (unpaired) electrons. The number of halogens is 1. The molecule has 0 aliphatic carbocycles. The standard InChI is InChI=1S/C20H20BrN3O/c1-13-18(21)19(23-22-13)20(25)24-11-5-9-16(24)12-15-8-4-7-14-6-2-3-10-17(14)15/h2-4,6-8,10,16H,5,9,11-12H2,1H3,(H,22,23)/t16-/m0/s1. The number of hydrogen-bond acceptors (Lipinski definition) is 2. The van der Waals surface area contributed by atoms with Crippen LogP contribution in [0.4, 0.5) is 0 Å². The van der Waals surface area contributed by atoms with E-state index >= 15 is 0 Å². The van der Waals surface area contributed by atoms with Crippen LogP contribution in [0, 0.1) is 6.92 Å². The lowest BCUT2D eigenvalue weighted by Crippen LogP contribution is -2.37. The number of aryl methyl sites for hydroxylation is 1. The van der Waals surface area contributed by atoms with Crippen molar-refractivity contribution >= 4 is 32.6 Å². The smallest absolute Gasteiger partial charge is 0.275 e. The lowest BCUT2D eigenvalue weighted by molar-refractivity contribution is 0.0729. The Morgan fingerprint density at radius 3 is 2.88 bits per heavy atom. The van der Waals surface area contributed by atoms with Crippen LogP contribution in [0.5, 0.6) is 0 Å². The average Bonchev–Trinajstić information content (AvgIpc) is 3.22. The highest BCUT2D eigenvalue weighted by molar-refractivity contribution is 9.10. The molecule has 4 nitrogen and oxygen atoms in total. The van der Waals surface area contributed by atoms with E-state index in [2.05, 4.69) is 68.6 Å². The van der Waals surface area contributed by atoms with Crippen LogP contribution in [0.1, 0.15) is 34.6 Å². The first-order chi connectivity index (χ1) is 12.1. The zero-order valence-corrected chi connectivity index (χ0v) is 15.7. The van der Waals surface area contributed by atoms with Crippen LogP contribution in [-0.4, -0.2) is 33.6 Å². The second-order valence-electron chi connectivity index (χ2n) is 6.65. The second kappa shape index (κ2) is 6.64. The Balaban J connectivity index is 1.61. The molecule has 1 fully saturated rings. The molecular formula is C20H20BrN3O. The van der Waals surface area contributed by atoms with Gasteiger partial charge >= 0.3 is 0 Å². The third kappa shape index (κ3) is 2.97. The van der Waals surface area contributed by atoms with Gasteiger partial charge in [0.2, 0.25) is 0 Å². The number of amides is 1. The van der Waals surface area contributed by atoms with Crippen LogP contribution in [0.25, 0.3) is 10.8 Å². The number of fused-ring (bicyclic) bond motifs is 1. The molecule has 1 aliphatic heterocycles. The highest BCUT2D eigenvalue weighted by Crippen LogP contribution is 2.28. The van der Waals surface area contributed by atoms with Crippen molar-refractivity contribution in [3.05, 3.63) is 63.9 Å². The van der Waals surface area contributed by atoms with E-state index in [-0.39, 0.29) is 11.9 Å². The Bertz CT molecular complexity index is 928. The number of rotatable bonds is 3. The minimum atomic E-state index is 0.0129. The van der Waals surface area contributed by atoms with Crippen molar-refractivity contribution in [2.75, 3.05) is 6.54 Å². The molecule has 1 N–H and O–H groups in total. The van der Waals surface area contributed by atoms with Gasteiger partial charge in [-0.05, 0) is 58.5 Å². The maximum absolute atomic E-state index is 13.0. The van der Waals surface area contributed by atoms with E-state index in [1.54, 1.807) is 0 Å². The van der Waals surface area contributed by atoms with Gasteiger partial charge in [-0.15, -0.1) is 0 Å². The summed E-state index contributed by atoms with van der Waals surface area (Å²) in [5.74, 6) is 0.0129. The van der Waals surface area contributed by atoms with Gasteiger partial charge in [0, 0.05) is 18.3 Å². The monoisotopic (exact) mass is 397 g/mol. The van der Waals surface area contributed by atoms with Crippen molar-refractivity contribution < 1.29 is 4.79 Å². The van der Waals surface area contributed by atoms with Crippen LogP contribution >= 0.6 is 15.9 Å². The van der Waals surface area contributed by atoms with E-state index in [0.29, 0.717) is 5.69 Å². The van der Waals surface area contributed by atoms with E-state index < -0.39 is 0 Å². The van der Waals surface area contributed by atoms with Gasteiger partial charge in [-0.25, -0.2) is 0 Å². The van der Waals surface area contributed by atoms with Gasteiger partial charge in [-0.2, -0.15) is 5.10 Å². The maximum atomic E-state index is 13.0. The minimum Gasteiger partial charge on any atom is -0.334 e. The van der Waals surface area contributed by atoms with Gasteiger partial charge in [0.25, 0.3) is 5.91 Å². The van der Waals surface area contributed by atoms with E-state index in [0.717, 1.165) is 36.0 Å². The van der Waals surface area contributed by atoms with Crippen molar-refractivity contribution in [3.63, 3.8) is 0 Å². The van der Waals surface area contributed by atoms with Crippen LogP contribution in [0.2, 0.25) is 0 Å². The van der Waals surface area contributed by atoms with E-state index in [1.807, 2.05) is 11.8 Å². The molecule has 1 amide bonds. The van der Waals surface area contributed by atoms with Gasteiger partial charge in [-0.3, -0.25) is 9.89 Å². The summed E-state index contributed by atoms with van der Waals surface area (Å²) < 4.78 is 0.772. The molecule has 4 rings (SSSR count). The highest BCUT2D eigenvalue weighted by atomic mass is 79.9. The molecule has 0 spiro atoms. The summed E-state index contributed by atoms with van der Waals surface area (Å²) in [4.78, 5) is 14.9. The van der Waals surface area contributed by atoms with Gasteiger partial charge in [-0.1, -0.05) is 42.5 Å². The van der Waals surface area contributed by atoms with E-state index in [4.69, 9.17) is 0 Å². The molecule has 1 saturated heterocycles. The molecule has 0 bridgehead atoms. The van der Waals surface area contributed by atoms with Crippen LogP contribution in [0.3, 0.4) is 0 Å². The zero-order chi connectivity index (χ0) is 17.4. The zero-order valence-electron chi connectivity index (χ0n) is 14.1. The van der Waals surface area contributed by atoms with Crippen molar-refractivity contribution in [2.24, 2.45) is 0 Å². The number of carbonyl (C=O) groups is 1. The normalized spacial score (nSPS) is 17.4. The fourth-order valence-corrected chi connectivity index (χ4v) is 4.08. The molecule has 2 heterocycles. The van der Waals surface area contributed by atoms with Gasteiger partial charge in [0.1, 0.15) is 0 Å². The van der Waals surface area contributed by atoms with Crippen molar-refractivity contribution in [3.8, 4) is 0 Å². The quantitative estimate of drug-likeness (QED) is 0.707. The summed E-state index contributed by atoms with van der Waals surface area (Å²) >= 11 is 3.48. The Labute approximate surface area is 155 Å². The fraction of sp³-hybridized carbons (Fsp3) is 0.300. The Hall–Kier alpha value is -2.14. The lowest BCUT2D eigenvalue weighted by atomic mass is 9.97. The predicted molar refractivity (Wildman–Crippen MR) is 103 cm³/mol. The molecule has 1 atom stereocenters. The number of aromatic amines is 1. The molecular weight excluding hydrogens is 378 g/mol. The number of hydrogen-bond donors (Lipinski definition) is 1. The van der Waals surface area contributed by atoms with E-state index in [1.165, 1.54) is 16.3 Å². The summed E-state index contributed by atoms with van der Waals surface area (Å²) in [6.07, 6.45) is 2.96. The molecule has 1 aromatic heterocycles. The molecule has 25 heavy (non-hydrogen) atoms. The molecule has 3 aromatic rings. The number of nitrogens with one attached hydrogen (secondary N) is 1. The Kier molecular flexibility index (Phi) is 4.34. The maximum Gasteiger partial charge on any atom is 0.275 e. The summed E-state index contributed by atoms with van der Waals surface area (Å²) in [5.41, 5.74) is 2.68. The second-order valence-corrected chi connectivity index (χ2v) is 7.44. The topological polar surface area (TPSA) is 49.0 Å². The van der Waals surface area contributed by atoms with Crippen LogP contribution < -0.4 is 0 Å². The minimum absolute atomic E-state index is 0.0129. The fourth-order valence-electron chi connectivity index (χ4n) is 3.73. The molecule has 5 heteroatoms. The first-order valence-electron chi connectivity index (χ1n) is 8.63. The molecule has 0 saturated carbocycles.